The lowest BCUT2D eigenvalue weighted by atomic mass is 9.74. The van der Waals surface area contributed by atoms with Crippen LogP contribution in [0.2, 0.25) is 0 Å². The molecule has 0 spiro atoms. The first-order chi connectivity index (χ1) is 16.5. The highest BCUT2D eigenvalue weighted by molar-refractivity contribution is 5.63. The summed E-state index contributed by atoms with van der Waals surface area (Å²) in [5.74, 6) is 2.21. The van der Waals surface area contributed by atoms with Crippen LogP contribution >= 0.6 is 0 Å². The fourth-order valence-corrected chi connectivity index (χ4v) is 5.71. The average Bonchev–Trinajstić information content (AvgIpc) is 3.26. The van der Waals surface area contributed by atoms with Crippen LogP contribution < -0.4 is 15.0 Å². The molecule has 3 aliphatic heterocycles. The predicted molar refractivity (Wildman–Crippen MR) is 138 cm³/mol. The summed E-state index contributed by atoms with van der Waals surface area (Å²) in [6.07, 6.45) is 2.55. The monoisotopic (exact) mass is 459 g/mol. The number of aryl methyl sites for hydroxylation is 1. The lowest BCUT2D eigenvalue weighted by Gasteiger charge is -2.50. The van der Waals surface area contributed by atoms with Crippen molar-refractivity contribution < 1.29 is 4.74 Å². The Hall–Kier alpha value is -2.83. The minimum Gasteiger partial charge on any atom is -0.497 e. The maximum Gasteiger partial charge on any atom is 0.118 e. The van der Waals surface area contributed by atoms with Crippen LogP contribution in [0.1, 0.15) is 30.0 Å². The van der Waals surface area contributed by atoms with E-state index in [9.17, 15) is 0 Å². The first kappa shape index (κ1) is 22.9. The van der Waals surface area contributed by atoms with Crippen molar-refractivity contribution in [2.75, 3.05) is 45.7 Å². The Bertz CT molecular complexity index is 1090. The molecule has 3 fully saturated rings. The Morgan fingerprint density at radius 2 is 1.85 bits per heavy atom. The third-order valence-corrected chi connectivity index (χ3v) is 7.72. The van der Waals surface area contributed by atoms with Crippen LogP contribution in [0.25, 0.3) is 11.3 Å². The van der Waals surface area contributed by atoms with E-state index >= 15 is 0 Å². The zero-order valence-electron chi connectivity index (χ0n) is 20.9. The molecule has 6 rings (SSSR count). The van der Waals surface area contributed by atoms with Crippen molar-refractivity contribution in [2.45, 2.75) is 31.3 Å². The van der Waals surface area contributed by atoms with Gasteiger partial charge in [0.1, 0.15) is 5.75 Å². The van der Waals surface area contributed by atoms with Gasteiger partial charge in [0.2, 0.25) is 0 Å². The molecule has 3 saturated heterocycles. The molecular weight excluding hydrogens is 422 g/mol. The van der Waals surface area contributed by atoms with Crippen molar-refractivity contribution in [1.82, 2.24) is 20.0 Å². The molecule has 180 valence electrons. The number of aromatic nitrogens is 2. The number of hydrogen-bond acceptors (Lipinski definition) is 5. The molecule has 0 radical (unpaired) electrons. The Kier molecular flexibility index (Phi) is 6.61. The van der Waals surface area contributed by atoms with Crippen molar-refractivity contribution in [2.24, 2.45) is 13.0 Å². The van der Waals surface area contributed by atoms with E-state index in [1.54, 1.807) is 7.11 Å². The van der Waals surface area contributed by atoms with Crippen LogP contribution in [0.5, 0.6) is 5.75 Å². The smallest absolute Gasteiger partial charge is 0.118 e. The van der Waals surface area contributed by atoms with Gasteiger partial charge in [-0.3, -0.25) is 9.58 Å². The van der Waals surface area contributed by atoms with Crippen LogP contribution in [0.3, 0.4) is 0 Å². The predicted octanol–water partition coefficient (Wildman–Crippen LogP) is 4.13. The largest absolute Gasteiger partial charge is 0.497 e. The zero-order valence-corrected chi connectivity index (χ0v) is 20.9. The molecule has 4 heterocycles. The molecule has 1 aromatic heterocycles. The zero-order chi connectivity index (χ0) is 23.7. The maximum absolute atomic E-state index is 5.26. The van der Waals surface area contributed by atoms with Gasteiger partial charge in [0.05, 0.1) is 12.8 Å². The van der Waals surface area contributed by atoms with Crippen molar-refractivity contribution in [1.29, 1.82) is 0 Å². The molecule has 0 saturated carbocycles. The number of methoxy groups -OCH3 is 1. The molecule has 34 heavy (non-hydrogen) atoms. The Morgan fingerprint density at radius 3 is 2.50 bits per heavy atom. The molecule has 6 nitrogen and oxygen atoms in total. The van der Waals surface area contributed by atoms with Crippen LogP contribution in [0.15, 0.2) is 54.6 Å². The molecular formula is C28H37N5O. The summed E-state index contributed by atoms with van der Waals surface area (Å²) in [5, 5.41) is 8.59. The number of nitrogens with one attached hydrogen (secondary N) is 1. The standard InChI is InChI=1S/C28H37N5O/c1-31(2)23-9-7-21(8-10-23)27-16-28(32(3)30-27)26-19-33-14-13-22(26)15-24(33)18-29-17-20-5-11-25(34-4)12-6-20/h5-12,16,22,24,26,29H,13-15,17-19H2,1-4H3/t22-,24+,26-/m0/s1. The van der Waals surface area contributed by atoms with Gasteiger partial charge in [-0.1, -0.05) is 24.3 Å². The minimum absolute atomic E-state index is 0.568. The van der Waals surface area contributed by atoms with Crippen molar-refractivity contribution in [3.63, 3.8) is 0 Å². The number of piperidine rings is 3. The highest BCUT2D eigenvalue weighted by Gasteiger charge is 2.41. The maximum atomic E-state index is 5.26. The normalized spacial score (nSPS) is 23.8. The summed E-state index contributed by atoms with van der Waals surface area (Å²) in [5.41, 5.74) is 6.16. The average molecular weight is 460 g/mol. The van der Waals surface area contributed by atoms with Crippen LogP contribution in [0.4, 0.5) is 5.69 Å². The number of ether oxygens (including phenoxy) is 1. The van der Waals surface area contributed by atoms with Crippen molar-refractivity contribution in [3.8, 4) is 17.0 Å². The van der Waals surface area contributed by atoms with E-state index < -0.39 is 0 Å². The molecule has 0 aliphatic carbocycles. The fraction of sp³-hybridized carbons (Fsp3) is 0.464. The number of nitrogens with zero attached hydrogens (tertiary/aromatic N) is 4. The van der Waals surface area contributed by atoms with Gasteiger partial charge in [-0.25, -0.2) is 0 Å². The van der Waals surface area contributed by atoms with Crippen LogP contribution in [-0.4, -0.2) is 61.6 Å². The molecule has 4 atom stereocenters. The quantitative estimate of drug-likeness (QED) is 0.549. The van der Waals surface area contributed by atoms with Crippen molar-refractivity contribution in [3.05, 3.63) is 65.9 Å². The molecule has 1 unspecified atom stereocenters. The van der Waals surface area contributed by atoms with Gasteiger partial charge in [-0.05, 0) is 61.2 Å². The molecule has 2 aromatic carbocycles. The molecule has 3 aliphatic rings. The first-order valence-corrected chi connectivity index (χ1v) is 12.4. The summed E-state index contributed by atoms with van der Waals surface area (Å²) < 4.78 is 7.39. The first-order valence-electron chi connectivity index (χ1n) is 12.4. The topological polar surface area (TPSA) is 45.6 Å². The molecule has 2 bridgehead atoms. The van der Waals surface area contributed by atoms with E-state index in [2.05, 4.69) is 83.4 Å². The highest BCUT2D eigenvalue weighted by atomic mass is 16.5. The van der Waals surface area contributed by atoms with E-state index in [4.69, 9.17) is 9.84 Å². The lowest BCUT2D eigenvalue weighted by Crippen LogP contribution is -2.55. The molecule has 1 N–H and O–H groups in total. The summed E-state index contributed by atoms with van der Waals surface area (Å²) >= 11 is 0. The summed E-state index contributed by atoms with van der Waals surface area (Å²) in [6.45, 7) is 4.30. The minimum atomic E-state index is 0.568. The Morgan fingerprint density at radius 1 is 1.09 bits per heavy atom. The number of anilines is 1. The van der Waals surface area contributed by atoms with E-state index in [0.29, 0.717) is 12.0 Å². The Balaban J connectivity index is 1.21. The van der Waals surface area contributed by atoms with Gasteiger partial charge in [-0.15, -0.1) is 0 Å². The number of fused-ring (bicyclic) bond motifs is 3. The number of rotatable bonds is 8. The summed E-state index contributed by atoms with van der Waals surface area (Å²) in [4.78, 5) is 4.83. The second kappa shape index (κ2) is 9.80. The van der Waals surface area contributed by atoms with Gasteiger partial charge in [0.25, 0.3) is 0 Å². The van der Waals surface area contributed by atoms with Crippen LogP contribution in [-0.2, 0) is 13.6 Å². The number of hydrogen-bond donors (Lipinski definition) is 1. The second-order valence-electron chi connectivity index (χ2n) is 10.0. The van der Waals surface area contributed by atoms with Crippen LogP contribution in [0, 0.1) is 5.92 Å². The molecule has 6 heteroatoms. The van der Waals surface area contributed by atoms with Gasteiger partial charge >= 0.3 is 0 Å². The van der Waals surface area contributed by atoms with E-state index in [0.717, 1.165) is 37.0 Å². The van der Waals surface area contributed by atoms with Gasteiger partial charge in [0.15, 0.2) is 0 Å². The van der Waals surface area contributed by atoms with Gasteiger partial charge in [0, 0.05) is 69.7 Å². The van der Waals surface area contributed by atoms with E-state index in [1.165, 1.54) is 41.9 Å². The lowest BCUT2D eigenvalue weighted by molar-refractivity contribution is 0.0282. The SMILES string of the molecule is COc1ccc(CNC[C@H]2C[C@@H]3CCN2C[C@@H]3c2cc(-c3ccc(N(C)C)cc3)nn2C)cc1. The van der Waals surface area contributed by atoms with E-state index in [-0.39, 0.29) is 0 Å². The third kappa shape index (κ3) is 4.70. The Labute approximate surface area is 203 Å². The van der Waals surface area contributed by atoms with Crippen molar-refractivity contribution >= 4 is 5.69 Å². The summed E-state index contributed by atoms with van der Waals surface area (Å²) in [6, 6.07) is 20.0. The second-order valence-corrected chi connectivity index (χ2v) is 10.0. The molecule has 3 aromatic rings. The third-order valence-electron chi connectivity index (χ3n) is 7.72. The van der Waals surface area contributed by atoms with E-state index in [1.807, 2.05) is 12.1 Å². The molecule has 0 amide bonds. The van der Waals surface area contributed by atoms with Gasteiger partial charge < -0.3 is 15.0 Å². The summed E-state index contributed by atoms with van der Waals surface area (Å²) in [7, 11) is 7.97. The fourth-order valence-electron chi connectivity index (χ4n) is 5.71. The van der Waals surface area contributed by atoms with Gasteiger partial charge in [-0.2, -0.15) is 5.10 Å². The highest BCUT2D eigenvalue weighted by Crippen LogP contribution is 2.42. The number of benzene rings is 2.